The number of piperidine rings is 1. The van der Waals surface area contributed by atoms with Crippen molar-refractivity contribution in [1.29, 1.82) is 5.26 Å². The molecule has 0 aromatic heterocycles. The second-order valence-corrected chi connectivity index (χ2v) is 8.43. The third-order valence-corrected chi connectivity index (χ3v) is 6.07. The molecule has 0 atom stereocenters. The zero-order chi connectivity index (χ0) is 20.9. The molecular weight excluding hydrogens is 459 g/mol. The molecule has 0 radical (unpaired) electrons. The number of alkyl halides is 1. The minimum atomic E-state index is -0.535. The van der Waals surface area contributed by atoms with Gasteiger partial charge in [0.1, 0.15) is 11.6 Å². The molecule has 0 aliphatic carbocycles. The Bertz CT molecular complexity index is 906. The highest BCUT2D eigenvalue weighted by Crippen LogP contribution is 2.34. The van der Waals surface area contributed by atoms with Crippen LogP contribution in [0.4, 0.5) is 4.39 Å². The highest BCUT2D eigenvalue weighted by Gasteiger charge is 2.36. The summed E-state index contributed by atoms with van der Waals surface area (Å²) in [7, 11) is 0. The molecule has 0 N–H and O–H groups in total. The number of hydrogen-bond acceptors (Lipinski definition) is 3. The topological polar surface area (TPSA) is 53.3 Å². The van der Waals surface area contributed by atoms with Crippen LogP contribution in [0.5, 0.6) is 5.75 Å². The Kier molecular flexibility index (Phi) is 7.15. The van der Waals surface area contributed by atoms with Crippen LogP contribution >= 0.6 is 27.5 Å². The molecule has 1 fully saturated rings. The summed E-state index contributed by atoms with van der Waals surface area (Å²) < 4.78 is 19.7. The maximum absolute atomic E-state index is 13.1. The lowest BCUT2D eigenvalue weighted by Crippen LogP contribution is -2.45. The molecule has 0 spiro atoms. The minimum absolute atomic E-state index is 0.0664. The minimum Gasteiger partial charge on any atom is -0.483 e. The summed E-state index contributed by atoms with van der Waals surface area (Å²) >= 11 is 9.33. The number of carbonyl (C=O) groups excluding carboxylic acids is 1. The van der Waals surface area contributed by atoms with Crippen LogP contribution in [-0.4, -0.2) is 30.5 Å². The number of hydrogen-bond donors (Lipinski definition) is 0. The van der Waals surface area contributed by atoms with Gasteiger partial charge >= 0.3 is 0 Å². The Morgan fingerprint density at radius 2 is 1.93 bits per heavy atom. The fourth-order valence-electron chi connectivity index (χ4n) is 3.53. The van der Waals surface area contributed by atoms with Crippen LogP contribution in [0.1, 0.15) is 24.0 Å². The van der Waals surface area contributed by atoms with Crippen molar-refractivity contribution in [2.24, 2.45) is 5.41 Å². The predicted molar refractivity (Wildman–Crippen MR) is 113 cm³/mol. The van der Waals surface area contributed by atoms with Crippen LogP contribution < -0.4 is 4.74 Å². The van der Waals surface area contributed by atoms with Gasteiger partial charge in [-0.15, -0.1) is 11.6 Å². The number of nitriles is 1. The van der Waals surface area contributed by atoms with Gasteiger partial charge in [-0.3, -0.25) is 4.79 Å². The summed E-state index contributed by atoms with van der Waals surface area (Å²) in [5.41, 5.74) is 1.21. The highest BCUT2D eigenvalue weighted by molar-refractivity contribution is 9.10. The first kappa shape index (κ1) is 21.6. The van der Waals surface area contributed by atoms with E-state index < -0.39 is 5.41 Å². The summed E-state index contributed by atoms with van der Waals surface area (Å²) in [6, 6.07) is 14.2. The molecule has 2 aromatic carbocycles. The zero-order valence-electron chi connectivity index (χ0n) is 15.8. The molecule has 152 valence electrons. The fourth-order valence-corrected chi connectivity index (χ4v) is 4.15. The van der Waals surface area contributed by atoms with E-state index in [1.54, 1.807) is 23.1 Å². The van der Waals surface area contributed by atoms with Crippen molar-refractivity contribution in [1.82, 2.24) is 4.90 Å². The van der Waals surface area contributed by atoms with Gasteiger partial charge in [-0.2, -0.15) is 5.26 Å². The van der Waals surface area contributed by atoms with Gasteiger partial charge in [0.15, 0.2) is 6.61 Å². The van der Waals surface area contributed by atoms with E-state index in [1.807, 2.05) is 12.1 Å². The number of amides is 1. The molecule has 1 heterocycles. The van der Waals surface area contributed by atoms with E-state index in [9.17, 15) is 14.4 Å². The molecule has 2 aromatic rings. The molecule has 7 heteroatoms. The molecule has 1 saturated heterocycles. The van der Waals surface area contributed by atoms with Crippen molar-refractivity contribution >= 4 is 33.4 Å². The number of nitrogens with zero attached hydrogens (tertiary/aromatic N) is 2. The molecule has 0 saturated carbocycles. The normalized spacial score (nSPS) is 15.6. The average molecular weight is 480 g/mol. The Balaban J connectivity index is 1.56. The lowest BCUT2D eigenvalue weighted by molar-refractivity contribution is -0.135. The second kappa shape index (κ2) is 9.60. The van der Waals surface area contributed by atoms with Crippen LogP contribution in [0.15, 0.2) is 46.9 Å². The van der Waals surface area contributed by atoms with Crippen molar-refractivity contribution in [3.05, 3.63) is 63.9 Å². The lowest BCUT2D eigenvalue weighted by atomic mass is 9.75. The third-order valence-electron chi connectivity index (χ3n) is 5.28. The van der Waals surface area contributed by atoms with Crippen LogP contribution in [0.25, 0.3) is 0 Å². The number of benzene rings is 2. The SMILES string of the molecule is N#CC1(Cc2ccc(F)cc2)CCN(C(=O)COc2ccc(Br)cc2CCl)CC1. The average Bonchev–Trinajstić information content (AvgIpc) is 2.74. The van der Waals surface area contributed by atoms with Gasteiger partial charge in [0.05, 0.1) is 17.4 Å². The van der Waals surface area contributed by atoms with Gasteiger partial charge in [0.25, 0.3) is 5.91 Å². The van der Waals surface area contributed by atoms with Gasteiger partial charge in [-0.25, -0.2) is 4.39 Å². The summed E-state index contributed by atoms with van der Waals surface area (Å²) in [6.07, 6.45) is 1.72. The van der Waals surface area contributed by atoms with Gasteiger partial charge in [0.2, 0.25) is 0 Å². The molecule has 1 aliphatic heterocycles. The molecule has 3 rings (SSSR count). The van der Waals surface area contributed by atoms with E-state index in [4.69, 9.17) is 16.3 Å². The lowest BCUT2D eigenvalue weighted by Gasteiger charge is -2.37. The van der Waals surface area contributed by atoms with Crippen LogP contribution in [0, 0.1) is 22.6 Å². The molecule has 4 nitrogen and oxygen atoms in total. The highest BCUT2D eigenvalue weighted by atomic mass is 79.9. The zero-order valence-corrected chi connectivity index (χ0v) is 18.2. The quantitative estimate of drug-likeness (QED) is 0.543. The van der Waals surface area contributed by atoms with E-state index in [1.165, 1.54) is 12.1 Å². The van der Waals surface area contributed by atoms with Gasteiger partial charge < -0.3 is 9.64 Å². The molecule has 29 heavy (non-hydrogen) atoms. The number of likely N-dealkylation sites (tertiary alicyclic amines) is 1. The summed E-state index contributed by atoms with van der Waals surface area (Å²) in [6.45, 7) is 0.933. The number of rotatable bonds is 6. The first-order chi connectivity index (χ1) is 13.9. The van der Waals surface area contributed by atoms with Gasteiger partial charge in [-0.1, -0.05) is 28.1 Å². The van der Waals surface area contributed by atoms with Crippen molar-refractivity contribution in [2.45, 2.75) is 25.1 Å². The number of ether oxygens (including phenoxy) is 1. The Hall–Kier alpha value is -2.10. The third kappa shape index (κ3) is 5.49. The first-order valence-electron chi connectivity index (χ1n) is 9.35. The van der Waals surface area contributed by atoms with Crippen molar-refractivity contribution in [2.75, 3.05) is 19.7 Å². The summed E-state index contributed by atoms with van der Waals surface area (Å²) in [5.74, 6) is 0.488. The Morgan fingerprint density at radius 1 is 1.24 bits per heavy atom. The summed E-state index contributed by atoms with van der Waals surface area (Å²) in [4.78, 5) is 14.3. The van der Waals surface area contributed by atoms with Crippen molar-refractivity contribution < 1.29 is 13.9 Å². The van der Waals surface area contributed by atoms with Crippen molar-refractivity contribution in [3.8, 4) is 11.8 Å². The van der Waals surface area contributed by atoms with Crippen LogP contribution in [-0.2, 0) is 17.1 Å². The Labute approximate surface area is 183 Å². The number of halogens is 3. The molecule has 1 amide bonds. The maximum atomic E-state index is 13.1. The van der Waals surface area contributed by atoms with Crippen molar-refractivity contribution in [3.63, 3.8) is 0 Å². The summed E-state index contributed by atoms with van der Waals surface area (Å²) in [5, 5.41) is 9.75. The second-order valence-electron chi connectivity index (χ2n) is 7.25. The Morgan fingerprint density at radius 3 is 2.55 bits per heavy atom. The number of carbonyl (C=O) groups is 1. The smallest absolute Gasteiger partial charge is 0.260 e. The molecule has 0 unspecified atom stereocenters. The standard InChI is InChI=1S/C22H21BrClFN2O2/c23-18-3-6-20(17(11-18)13-24)29-14-21(28)27-9-7-22(15-26,8-10-27)12-16-1-4-19(25)5-2-16/h1-6,11H,7-10,12-14H2. The van der Waals surface area contributed by atoms with Crippen LogP contribution in [0.2, 0.25) is 0 Å². The molecule has 1 aliphatic rings. The van der Waals surface area contributed by atoms with Gasteiger partial charge in [-0.05, 0) is 55.2 Å². The van der Waals surface area contributed by atoms with E-state index in [-0.39, 0.29) is 18.3 Å². The largest absolute Gasteiger partial charge is 0.483 e. The maximum Gasteiger partial charge on any atom is 0.260 e. The molecule has 0 bridgehead atoms. The first-order valence-corrected chi connectivity index (χ1v) is 10.7. The molecular formula is C22H21BrClFN2O2. The monoisotopic (exact) mass is 478 g/mol. The predicted octanol–water partition coefficient (Wildman–Crippen LogP) is 5.08. The van der Waals surface area contributed by atoms with E-state index in [0.29, 0.717) is 44.0 Å². The van der Waals surface area contributed by atoms with E-state index >= 15 is 0 Å². The van der Waals surface area contributed by atoms with E-state index in [2.05, 4.69) is 22.0 Å². The van der Waals surface area contributed by atoms with Crippen LogP contribution in [0.3, 0.4) is 0 Å². The fraction of sp³-hybridized carbons (Fsp3) is 0.364. The van der Waals surface area contributed by atoms with Gasteiger partial charge in [0, 0.05) is 23.1 Å². The van der Waals surface area contributed by atoms with E-state index in [0.717, 1.165) is 15.6 Å².